The number of hydrogen-bond acceptors (Lipinski definition) is 5. The smallest absolute Gasteiger partial charge is 0.306 e. The third kappa shape index (κ3) is 5.33. The summed E-state index contributed by atoms with van der Waals surface area (Å²) in [6.45, 7) is 2.22. The molecule has 0 saturated carbocycles. The molecule has 0 aliphatic rings. The molecule has 0 fully saturated rings. The molecule has 0 bridgehead atoms. The second-order valence-corrected chi connectivity index (χ2v) is 5.89. The molecule has 0 radical (unpaired) electrons. The number of methoxy groups -OCH3 is 3. The van der Waals surface area contributed by atoms with Crippen LogP contribution in [-0.2, 0) is 40.7 Å². The maximum Gasteiger partial charge on any atom is 0.306 e. The summed E-state index contributed by atoms with van der Waals surface area (Å²) in [6, 6.07) is 15.4. The average molecular weight is 528 g/mol. The quantitative estimate of drug-likeness (QED) is 0.388. The number of benzene rings is 2. The maximum absolute atomic E-state index is 12.0. The monoisotopic (exact) mass is 528 g/mol. The molecule has 0 aliphatic carbocycles. The molecular weight excluding hydrogens is 504 g/mol. The Morgan fingerprint density at radius 1 is 0.885 bits per heavy atom. The van der Waals surface area contributed by atoms with Gasteiger partial charge in [-0.05, 0) is 35.4 Å². The van der Waals surface area contributed by atoms with Crippen molar-refractivity contribution in [3.8, 4) is 11.5 Å². The fraction of sp³-hybridized carbons (Fsp3) is 0.350. The molecule has 0 spiro atoms. The van der Waals surface area contributed by atoms with Gasteiger partial charge in [0.15, 0.2) is 6.79 Å². The SMILES string of the molecule is COCOc1ccc(C(C)(CC(=O)OC)c2ccc(OC)cc2)cc1.[W]. The van der Waals surface area contributed by atoms with Crippen LogP contribution >= 0.6 is 0 Å². The van der Waals surface area contributed by atoms with Crippen LogP contribution in [0.25, 0.3) is 0 Å². The second-order valence-electron chi connectivity index (χ2n) is 5.89. The molecular formula is C20H24O5W. The van der Waals surface area contributed by atoms with Gasteiger partial charge in [-0.1, -0.05) is 31.2 Å². The van der Waals surface area contributed by atoms with Crippen molar-refractivity contribution in [2.75, 3.05) is 28.1 Å². The van der Waals surface area contributed by atoms with Gasteiger partial charge in [0.25, 0.3) is 0 Å². The van der Waals surface area contributed by atoms with Crippen molar-refractivity contribution in [2.45, 2.75) is 18.8 Å². The van der Waals surface area contributed by atoms with Crippen molar-refractivity contribution < 1.29 is 44.8 Å². The number of hydrogen-bond donors (Lipinski definition) is 0. The molecule has 0 N–H and O–H groups in total. The molecule has 6 heteroatoms. The van der Waals surface area contributed by atoms with E-state index < -0.39 is 5.41 Å². The zero-order chi connectivity index (χ0) is 18.3. The van der Waals surface area contributed by atoms with E-state index in [9.17, 15) is 4.79 Å². The first-order valence-electron chi connectivity index (χ1n) is 7.97. The Labute approximate surface area is 168 Å². The molecule has 0 heterocycles. The third-order valence-corrected chi connectivity index (χ3v) is 4.29. The number of esters is 1. The molecule has 2 aromatic rings. The summed E-state index contributed by atoms with van der Waals surface area (Å²) in [7, 11) is 4.60. The second kappa shape index (κ2) is 10.3. The van der Waals surface area contributed by atoms with Crippen molar-refractivity contribution >= 4 is 5.97 Å². The molecule has 26 heavy (non-hydrogen) atoms. The molecule has 5 nitrogen and oxygen atoms in total. The third-order valence-electron chi connectivity index (χ3n) is 4.29. The Kier molecular flexibility index (Phi) is 8.83. The van der Waals surface area contributed by atoms with Gasteiger partial charge in [-0.25, -0.2) is 0 Å². The molecule has 140 valence electrons. The van der Waals surface area contributed by atoms with Crippen molar-refractivity contribution in [2.24, 2.45) is 0 Å². The van der Waals surface area contributed by atoms with Gasteiger partial charge in [0.05, 0.1) is 20.6 Å². The van der Waals surface area contributed by atoms with Gasteiger partial charge in [0, 0.05) is 33.6 Å². The van der Waals surface area contributed by atoms with E-state index in [1.807, 2.05) is 55.5 Å². The molecule has 0 aliphatic heterocycles. The van der Waals surface area contributed by atoms with Gasteiger partial charge in [0.2, 0.25) is 0 Å². The Balaban J connectivity index is 0.00000338. The van der Waals surface area contributed by atoms with E-state index in [1.54, 1.807) is 14.2 Å². The molecule has 1 atom stereocenters. The fourth-order valence-corrected chi connectivity index (χ4v) is 2.74. The van der Waals surface area contributed by atoms with E-state index in [2.05, 4.69) is 0 Å². The first kappa shape index (κ1) is 22.2. The first-order valence-corrected chi connectivity index (χ1v) is 7.97. The van der Waals surface area contributed by atoms with Crippen LogP contribution in [0.5, 0.6) is 11.5 Å². The van der Waals surface area contributed by atoms with Crippen LogP contribution in [0.4, 0.5) is 0 Å². The van der Waals surface area contributed by atoms with E-state index in [4.69, 9.17) is 18.9 Å². The normalized spacial score (nSPS) is 12.5. The Morgan fingerprint density at radius 3 is 1.81 bits per heavy atom. The first-order chi connectivity index (χ1) is 12.0. The Bertz CT molecular complexity index is 684. The summed E-state index contributed by atoms with van der Waals surface area (Å²) in [5.74, 6) is 1.21. The molecule has 0 aromatic heterocycles. The summed E-state index contributed by atoms with van der Waals surface area (Å²) in [5.41, 5.74) is 1.47. The van der Waals surface area contributed by atoms with Crippen LogP contribution in [0.15, 0.2) is 48.5 Å². The zero-order valence-corrected chi connectivity index (χ0v) is 18.4. The van der Waals surface area contributed by atoms with Crippen LogP contribution < -0.4 is 9.47 Å². The van der Waals surface area contributed by atoms with Gasteiger partial charge >= 0.3 is 5.97 Å². The summed E-state index contributed by atoms with van der Waals surface area (Å²) >= 11 is 0. The van der Waals surface area contributed by atoms with Gasteiger partial charge in [-0.2, -0.15) is 0 Å². The Hall–Kier alpha value is -1.84. The van der Waals surface area contributed by atoms with E-state index in [0.29, 0.717) is 5.75 Å². The number of carbonyl (C=O) groups excluding carboxylic acids is 1. The summed E-state index contributed by atoms with van der Waals surface area (Å²) in [6.07, 6.45) is 0.230. The largest absolute Gasteiger partial charge is 0.497 e. The zero-order valence-electron chi connectivity index (χ0n) is 15.5. The number of carbonyl (C=O) groups is 1. The predicted molar refractivity (Wildman–Crippen MR) is 95.0 cm³/mol. The minimum atomic E-state index is -0.529. The molecule has 2 rings (SSSR count). The molecule has 0 amide bonds. The van der Waals surface area contributed by atoms with Crippen LogP contribution in [-0.4, -0.2) is 34.1 Å². The van der Waals surface area contributed by atoms with Crippen molar-refractivity contribution in [1.82, 2.24) is 0 Å². The minimum absolute atomic E-state index is 0. The van der Waals surface area contributed by atoms with Crippen LogP contribution in [0, 0.1) is 0 Å². The van der Waals surface area contributed by atoms with E-state index in [-0.39, 0.29) is 40.2 Å². The van der Waals surface area contributed by atoms with Crippen molar-refractivity contribution in [3.63, 3.8) is 0 Å². The standard InChI is InChI=1S/C20H24O5.W/c1-20(13-19(21)24-4,15-5-9-17(23-3)10-6-15)16-7-11-18(12-8-16)25-14-22-2;/h5-12H,13-14H2,1-4H3;. The Morgan fingerprint density at radius 2 is 1.38 bits per heavy atom. The van der Waals surface area contributed by atoms with Gasteiger partial charge in [0.1, 0.15) is 11.5 Å². The van der Waals surface area contributed by atoms with Gasteiger partial charge < -0.3 is 18.9 Å². The van der Waals surface area contributed by atoms with Crippen LogP contribution in [0.1, 0.15) is 24.5 Å². The van der Waals surface area contributed by atoms with Crippen molar-refractivity contribution in [1.29, 1.82) is 0 Å². The molecule has 2 aromatic carbocycles. The minimum Gasteiger partial charge on any atom is -0.497 e. The fourth-order valence-electron chi connectivity index (χ4n) is 2.74. The molecule has 1 unspecified atom stereocenters. The van der Waals surface area contributed by atoms with Gasteiger partial charge in [-0.3, -0.25) is 4.79 Å². The van der Waals surface area contributed by atoms with Crippen molar-refractivity contribution in [3.05, 3.63) is 59.7 Å². The maximum atomic E-state index is 12.0. The van der Waals surface area contributed by atoms with Crippen LogP contribution in [0.3, 0.4) is 0 Å². The number of ether oxygens (including phenoxy) is 4. The van der Waals surface area contributed by atoms with Crippen LogP contribution in [0.2, 0.25) is 0 Å². The predicted octanol–water partition coefficient (Wildman–Crippen LogP) is 3.54. The average Bonchev–Trinajstić information content (AvgIpc) is 2.66. The summed E-state index contributed by atoms with van der Waals surface area (Å²) < 4.78 is 20.5. The summed E-state index contributed by atoms with van der Waals surface area (Å²) in [5, 5.41) is 0. The van der Waals surface area contributed by atoms with E-state index >= 15 is 0 Å². The topological polar surface area (TPSA) is 54.0 Å². The van der Waals surface area contributed by atoms with E-state index in [1.165, 1.54) is 7.11 Å². The van der Waals surface area contributed by atoms with Gasteiger partial charge in [-0.15, -0.1) is 0 Å². The summed E-state index contributed by atoms with van der Waals surface area (Å²) in [4.78, 5) is 12.0. The number of rotatable bonds is 8. The molecule has 0 saturated heterocycles. The van der Waals surface area contributed by atoms with E-state index in [0.717, 1.165) is 16.9 Å².